The fourth-order valence-electron chi connectivity index (χ4n) is 4.71. The number of rotatable bonds is 5. The summed E-state index contributed by atoms with van der Waals surface area (Å²) in [4.78, 5) is 22.0. The van der Waals surface area contributed by atoms with E-state index in [0.29, 0.717) is 25.0 Å². The summed E-state index contributed by atoms with van der Waals surface area (Å²) in [5, 5.41) is 4.38. The maximum atomic E-state index is 12.8. The SMILES string of the molecule is CCn1cc(CN2CC[C@H]3[C@@H]2CC(=O)N3Cc2cn3cc(C)ccc3n2)cn1. The molecule has 0 saturated carbocycles. The molecule has 0 radical (unpaired) electrons. The largest absolute Gasteiger partial charge is 0.332 e. The second kappa shape index (κ2) is 6.74. The van der Waals surface area contributed by atoms with Crippen LogP contribution in [0.15, 0.2) is 36.9 Å². The minimum absolute atomic E-state index is 0.247. The number of aryl methyl sites for hydroxylation is 2. The Hall–Kier alpha value is -2.67. The first kappa shape index (κ1) is 17.4. The molecule has 28 heavy (non-hydrogen) atoms. The Kier molecular flexibility index (Phi) is 4.19. The molecule has 3 aromatic heterocycles. The zero-order chi connectivity index (χ0) is 19.3. The van der Waals surface area contributed by atoms with Crippen molar-refractivity contribution in [1.82, 2.24) is 29.0 Å². The summed E-state index contributed by atoms with van der Waals surface area (Å²) >= 11 is 0. The first-order valence-electron chi connectivity index (χ1n) is 10.1. The van der Waals surface area contributed by atoms with Crippen LogP contribution in [0.3, 0.4) is 0 Å². The quantitative estimate of drug-likeness (QED) is 0.683. The van der Waals surface area contributed by atoms with Gasteiger partial charge in [-0.3, -0.25) is 14.4 Å². The first-order chi connectivity index (χ1) is 13.6. The Morgan fingerprint density at radius 2 is 2.04 bits per heavy atom. The molecule has 5 heterocycles. The average molecular weight is 378 g/mol. The van der Waals surface area contributed by atoms with Gasteiger partial charge in [0.15, 0.2) is 0 Å². The molecule has 0 unspecified atom stereocenters. The van der Waals surface area contributed by atoms with Crippen LogP contribution >= 0.6 is 0 Å². The highest BCUT2D eigenvalue weighted by atomic mass is 16.2. The standard InChI is InChI=1S/C21H26N6O/c1-3-26-12-16(9-22-26)11-24-7-6-18-19(24)8-21(28)27(18)14-17-13-25-10-15(2)4-5-20(25)23-17/h4-5,9-10,12-13,18-19H,3,6-8,11,14H2,1-2H3/t18-,19-/m0/s1. The normalized spacial score (nSPS) is 22.5. The van der Waals surface area contributed by atoms with Crippen molar-refractivity contribution in [2.75, 3.05) is 6.54 Å². The predicted octanol–water partition coefficient (Wildman–Crippen LogP) is 2.23. The van der Waals surface area contributed by atoms with E-state index in [2.05, 4.69) is 57.8 Å². The van der Waals surface area contributed by atoms with Gasteiger partial charge in [0.1, 0.15) is 5.65 Å². The van der Waals surface area contributed by atoms with E-state index in [1.807, 2.05) is 16.9 Å². The van der Waals surface area contributed by atoms with Gasteiger partial charge in [0.05, 0.1) is 18.4 Å². The van der Waals surface area contributed by atoms with Gasteiger partial charge in [0.2, 0.25) is 5.91 Å². The molecule has 2 aliphatic heterocycles. The molecule has 0 aliphatic carbocycles. The lowest BCUT2D eigenvalue weighted by Gasteiger charge is -2.24. The Labute approximate surface area is 164 Å². The van der Waals surface area contributed by atoms with Gasteiger partial charge < -0.3 is 9.30 Å². The van der Waals surface area contributed by atoms with E-state index in [1.165, 1.54) is 11.1 Å². The third-order valence-corrected chi connectivity index (χ3v) is 6.11. The minimum Gasteiger partial charge on any atom is -0.332 e. The van der Waals surface area contributed by atoms with Crippen LogP contribution < -0.4 is 0 Å². The molecular formula is C21H26N6O. The van der Waals surface area contributed by atoms with Gasteiger partial charge in [-0.15, -0.1) is 0 Å². The molecule has 3 aromatic rings. The number of hydrogen-bond acceptors (Lipinski definition) is 4. The summed E-state index contributed by atoms with van der Waals surface area (Å²) in [6.07, 6.45) is 9.83. The van der Waals surface area contributed by atoms with E-state index < -0.39 is 0 Å². The highest BCUT2D eigenvalue weighted by Crippen LogP contribution is 2.34. The van der Waals surface area contributed by atoms with Crippen molar-refractivity contribution in [1.29, 1.82) is 0 Å². The number of likely N-dealkylation sites (tertiary alicyclic amines) is 2. The zero-order valence-electron chi connectivity index (χ0n) is 16.5. The van der Waals surface area contributed by atoms with Crippen molar-refractivity contribution in [2.24, 2.45) is 0 Å². The molecule has 0 spiro atoms. The summed E-state index contributed by atoms with van der Waals surface area (Å²) in [7, 11) is 0. The van der Waals surface area contributed by atoms with E-state index in [9.17, 15) is 4.79 Å². The molecule has 2 fully saturated rings. The highest BCUT2D eigenvalue weighted by molar-refractivity contribution is 5.80. The minimum atomic E-state index is 0.247. The maximum Gasteiger partial charge on any atom is 0.224 e. The monoisotopic (exact) mass is 378 g/mol. The molecule has 2 saturated heterocycles. The van der Waals surface area contributed by atoms with Crippen molar-refractivity contribution in [3.05, 3.63) is 53.7 Å². The number of imidazole rings is 1. The molecule has 0 N–H and O–H groups in total. The van der Waals surface area contributed by atoms with Crippen molar-refractivity contribution < 1.29 is 4.79 Å². The van der Waals surface area contributed by atoms with Crippen LogP contribution in [0.4, 0.5) is 0 Å². The van der Waals surface area contributed by atoms with Gasteiger partial charge in [-0.1, -0.05) is 6.07 Å². The molecule has 1 amide bonds. The lowest BCUT2D eigenvalue weighted by atomic mass is 10.1. The van der Waals surface area contributed by atoms with E-state index in [4.69, 9.17) is 4.98 Å². The van der Waals surface area contributed by atoms with Crippen LogP contribution in [-0.2, 0) is 24.4 Å². The van der Waals surface area contributed by atoms with Crippen molar-refractivity contribution >= 4 is 11.6 Å². The van der Waals surface area contributed by atoms with Gasteiger partial charge >= 0.3 is 0 Å². The molecule has 0 bridgehead atoms. The fraction of sp³-hybridized carbons (Fsp3) is 0.476. The molecule has 0 aromatic carbocycles. The number of carbonyl (C=O) groups excluding carboxylic acids is 1. The van der Waals surface area contributed by atoms with E-state index in [1.54, 1.807) is 0 Å². The Morgan fingerprint density at radius 3 is 2.86 bits per heavy atom. The van der Waals surface area contributed by atoms with Crippen molar-refractivity contribution in [3.63, 3.8) is 0 Å². The van der Waals surface area contributed by atoms with Gasteiger partial charge in [-0.2, -0.15) is 5.10 Å². The molecular weight excluding hydrogens is 352 g/mol. The molecule has 7 heteroatoms. The number of carbonyl (C=O) groups is 1. The fourth-order valence-corrected chi connectivity index (χ4v) is 4.71. The van der Waals surface area contributed by atoms with E-state index in [-0.39, 0.29) is 5.91 Å². The topological polar surface area (TPSA) is 58.7 Å². The van der Waals surface area contributed by atoms with Crippen LogP contribution in [0.5, 0.6) is 0 Å². The summed E-state index contributed by atoms with van der Waals surface area (Å²) < 4.78 is 4.01. The molecule has 2 atom stereocenters. The predicted molar refractivity (Wildman–Crippen MR) is 106 cm³/mol. The van der Waals surface area contributed by atoms with Crippen LogP contribution in [0.25, 0.3) is 5.65 Å². The first-order valence-corrected chi connectivity index (χ1v) is 10.1. The zero-order valence-corrected chi connectivity index (χ0v) is 16.5. The number of fused-ring (bicyclic) bond motifs is 2. The number of hydrogen-bond donors (Lipinski definition) is 0. The highest BCUT2D eigenvalue weighted by Gasteiger charge is 2.46. The lowest BCUT2D eigenvalue weighted by molar-refractivity contribution is -0.129. The second-order valence-electron chi connectivity index (χ2n) is 8.03. The van der Waals surface area contributed by atoms with Gasteiger partial charge in [-0.25, -0.2) is 4.98 Å². The van der Waals surface area contributed by atoms with Gasteiger partial charge in [0, 0.05) is 62.3 Å². The second-order valence-corrected chi connectivity index (χ2v) is 8.03. The molecule has 5 rings (SSSR count). The third-order valence-electron chi connectivity index (χ3n) is 6.11. The number of nitrogens with zero attached hydrogens (tertiary/aromatic N) is 6. The van der Waals surface area contributed by atoms with Crippen LogP contribution in [-0.4, -0.2) is 53.5 Å². The number of amides is 1. The van der Waals surface area contributed by atoms with Crippen molar-refractivity contribution in [3.8, 4) is 0 Å². The Balaban J connectivity index is 1.31. The summed E-state index contributed by atoms with van der Waals surface area (Å²) in [5.74, 6) is 0.247. The molecule has 146 valence electrons. The van der Waals surface area contributed by atoms with Gasteiger partial charge in [0.25, 0.3) is 0 Å². The molecule has 2 aliphatic rings. The maximum absolute atomic E-state index is 12.8. The van der Waals surface area contributed by atoms with Crippen LogP contribution in [0, 0.1) is 6.92 Å². The number of pyridine rings is 1. The Morgan fingerprint density at radius 1 is 1.14 bits per heavy atom. The molecule has 7 nitrogen and oxygen atoms in total. The van der Waals surface area contributed by atoms with E-state index >= 15 is 0 Å². The van der Waals surface area contributed by atoms with Crippen LogP contribution in [0.2, 0.25) is 0 Å². The Bertz CT molecular complexity index is 1020. The van der Waals surface area contributed by atoms with Gasteiger partial charge in [-0.05, 0) is 31.9 Å². The van der Waals surface area contributed by atoms with Crippen LogP contribution in [0.1, 0.15) is 36.6 Å². The number of aromatic nitrogens is 4. The summed E-state index contributed by atoms with van der Waals surface area (Å²) in [6, 6.07) is 4.69. The smallest absolute Gasteiger partial charge is 0.224 e. The summed E-state index contributed by atoms with van der Waals surface area (Å²) in [6.45, 7) is 7.55. The average Bonchev–Trinajstić information content (AvgIpc) is 3.43. The lowest BCUT2D eigenvalue weighted by Crippen LogP contribution is -2.36. The third kappa shape index (κ3) is 2.99. The van der Waals surface area contributed by atoms with Crippen molar-refractivity contribution in [2.45, 2.75) is 58.4 Å². The van der Waals surface area contributed by atoms with E-state index in [0.717, 1.165) is 37.4 Å². The summed E-state index contributed by atoms with van der Waals surface area (Å²) in [5.41, 5.74) is 4.32.